The summed E-state index contributed by atoms with van der Waals surface area (Å²) in [5.74, 6) is 0. The normalized spacial score (nSPS) is 9.85. The molecule has 0 spiro atoms. The van der Waals surface area contributed by atoms with Gasteiger partial charge in [0.15, 0.2) is 0 Å². The van der Waals surface area contributed by atoms with Crippen molar-refractivity contribution in [2.24, 2.45) is 7.05 Å². The molecule has 0 radical (unpaired) electrons. The summed E-state index contributed by atoms with van der Waals surface area (Å²) in [6, 6.07) is 0. The van der Waals surface area contributed by atoms with Crippen LogP contribution in [0.25, 0.3) is 0 Å². The van der Waals surface area contributed by atoms with Crippen LogP contribution in [0.5, 0.6) is 0 Å². The average Bonchev–Trinajstić information content (AvgIpc) is 2.29. The summed E-state index contributed by atoms with van der Waals surface area (Å²) in [6.45, 7) is 7.06. The molecule has 1 rings (SSSR count). The van der Waals surface area contributed by atoms with Crippen LogP contribution in [0.15, 0.2) is 17.8 Å². The van der Waals surface area contributed by atoms with Gasteiger partial charge in [0.1, 0.15) is 0 Å². The minimum atomic E-state index is 0.870. The molecule has 0 saturated carbocycles. The molecule has 0 fully saturated rings. The lowest BCUT2D eigenvalue weighted by atomic mass is 10.3. The number of nitrogens with zero attached hydrogens (tertiary/aromatic N) is 2. The number of hydrogen-bond acceptors (Lipinski definition) is 2. The predicted octanol–water partition coefficient (Wildman–Crippen LogP) is 2.11. The lowest BCUT2D eigenvalue weighted by Crippen LogP contribution is -1.98. The molecule has 0 atom stereocenters. The molecule has 0 aliphatic carbocycles. The van der Waals surface area contributed by atoms with Gasteiger partial charge in [-0.25, -0.2) is 0 Å². The quantitative estimate of drug-likeness (QED) is 0.720. The number of nitrogens with one attached hydrogen (secondary N) is 1. The molecule has 0 amide bonds. The van der Waals surface area contributed by atoms with E-state index in [2.05, 4.69) is 30.3 Å². The Hall–Kier alpha value is -1.25. The van der Waals surface area contributed by atoms with E-state index in [0.29, 0.717) is 0 Å². The highest BCUT2D eigenvalue weighted by atomic mass is 15.3. The fourth-order valence-corrected chi connectivity index (χ4v) is 1.14. The van der Waals surface area contributed by atoms with Crippen molar-refractivity contribution < 1.29 is 0 Å². The Kier molecular flexibility index (Phi) is 3.12. The van der Waals surface area contributed by atoms with Crippen molar-refractivity contribution >= 4 is 5.69 Å². The first-order valence-electron chi connectivity index (χ1n) is 4.47. The first-order valence-corrected chi connectivity index (χ1v) is 4.47. The SMILES string of the molecule is CC(C)=CCNc1cn(C)nc1C. The predicted molar refractivity (Wildman–Crippen MR) is 55.9 cm³/mol. The Bertz CT molecular complexity index is 306. The molecule has 72 valence electrons. The van der Waals surface area contributed by atoms with Crippen LogP contribution in [0.3, 0.4) is 0 Å². The molecule has 1 aromatic heterocycles. The van der Waals surface area contributed by atoms with Crippen LogP contribution >= 0.6 is 0 Å². The van der Waals surface area contributed by atoms with Crippen LogP contribution in [-0.2, 0) is 7.05 Å². The molecule has 0 saturated heterocycles. The topological polar surface area (TPSA) is 29.9 Å². The maximum atomic E-state index is 4.24. The second-order valence-corrected chi connectivity index (χ2v) is 3.46. The Balaban J connectivity index is 2.54. The van der Waals surface area contributed by atoms with Gasteiger partial charge in [-0.1, -0.05) is 11.6 Å². The minimum Gasteiger partial charge on any atom is -0.379 e. The van der Waals surface area contributed by atoms with Crippen molar-refractivity contribution in [3.8, 4) is 0 Å². The van der Waals surface area contributed by atoms with E-state index in [9.17, 15) is 0 Å². The number of aromatic nitrogens is 2. The van der Waals surface area contributed by atoms with Gasteiger partial charge in [0.25, 0.3) is 0 Å². The van der Waals surface area contributed by atoms with Gasteiger partial charge in [0.05, 0.1) is 11.4 Å². The molecule has 0 bridgehead atoms. The van der Waals surface area contributed by atoms with Gasteiger partial charge in [0, 0.05) is 19.8 Å². The summed E-state index contributed by atoms with van der Waals surface area (Å²) in [5.41, 5.74) is 3.48. The van der Waals surface area contributed by atoms with Crippen molar-refractivity contribution in [1.82, 2.24) is 9.78 Å². The van der Waals surface area contributed by atoms with E-state index in [-0.39, 0.29) is 0 Å². The fraction of sp³-hybridized carbons (Fsp3) is 0.500. The Morgan fingerprint density at radius 2 is 2.31 bits per heavy atom. The molecular formula is C10H17N3. The maximum absolute atomic E-state index is 4.24. The van der Waals surface area contributed by atoms with Gasteiger partial charge < -0.3 is 5.32 Å². The average molecular weight is 179 g/mol. The van der Waals surface area contributed by atoms with Gasteiger partial charge in [-0.2, -0.15) is 5.10 Å². The standard InChI is InChI=1S/C10H17N3/c1-8(2)5-6-11-10-7-13(4)12-9(10)3/h5,7,11H,6H2,1-4H3. The van der Waals surface area contributed by atoms with Gasteiger partial charge in [0.2, 0.25) is 0 Å². The van der Waals surface area contributed by atoms with Crippen molar-refractivity contribution in [2.45, 2.75) is 20.8 Å². The van der Waals surface area contributed by atoms with E-state index in [4.69, 9.17) is 0 Å². The largest absolute Gasteiger partial charge is 0.379 e. The zero-order valence-corrected chi connectivity index (χ0v) is 8.76. The van der Waals surface area contributed by atoms with Crippen molar-refractivity contribution in [3.05, 3.63) is 23.5 Å². The second-order valence-electron chi connectivity index (χ2n) is 3.46. The van der Waals surface area contributed by atoms with Crippen LogP contribution in [0.2, 0.25) is 0 Å². The van der Waals surface area contributed by atoms with Crippen molar-refractivity contribution in [1.29, 1.82) is 0 Å². The Labute approximate surface area is 79.5 Å². The van der Waals surface area contributed by atoms with Crippen LogP contribution < -0.4 is 5.32 Å². The first-order chi connectivity index (χ1) is 6.09. The number of aryl methyl sites for hydroxylation is 2. The highest BCUT2D eigenvalue weighted by molar-refractivity contribution is 5.45. The molecule has 0 aromatic carbocycles. The summed E-state index contributed by atoms with van der Waals surface area (Å²) in [5, 5.41) is 7.55. The molecular weight excluding hydrogens is 162 g/mol. The van der Waals surface area contributed by atoms with Gasteiger partial charge in [-0.05, 0) is 20.8 Å². The summed E-state index contributed by atoms with van der Waals surface area (Å²) in [6.07, 6.45) is 4.15. The molecule has 13 heavy (non-hydrogen) atoms. The number of allylic oxidation sites excluding steroid dienone is 1. The maximum Gasteiger partial charge on any atom is 0.0825 e. The number of hydrogen-bond donors (Lipinski definition) is 1. The monoisotopic (exact) mass is 179 g/mol. The highest BCUT2D eigenvalue weighted by Crippen LogP contribution is 2.10. The zero-order valence-electron chi connectivity index (χ0n) is 8.76. The van der Waals surface area contributed by atoms with Crippen LogP contribution in [0.1, 0.15) is 19.5 Å². The summed E-state index contributed by atoms with van der Waals surface area (Å²) < 4.78 is 1.82. The Morgan fingerprint density at radius 1 is 1.62 bits per heavy atom. The second kappa shape index (κ2) is 4.12. The molecule has 1 aromatic rings. The number of rotatable bonds is 3. The molecule has 0 unspecified atom stereocenters. The highest BCUT2D eigenvalue weighted by Gasteiger charge is 1.99. The molecule has 1 N–H and O–H groups in total. The van der Waals surface area contributed by atoms with Crippen molar-refractivity contribution in [2.75, 3.05) is 11.9 Å². The van der Waals surface area contributed by atoms with E-state index in [1.165, 1.54) is 5.57 Å². The third-order valence-corrected chi connectivity index (χ3v) is 1.82. The van der Waals surface area contributed by atoms with E-state index in [1.54, 1.807) is 0 Å². The molecule has 3 heteroatoms. The molecule has 1 heterocycles. The van der Waals surface area contributed by atoms with Gasteiger partial charge >= 0.3 is 0 Å². The summed E-state index contributed by atoms with van der Waals surface area (Å²) in [4.78, 5) is 0. The molecule has 0 aliphatic rings. The zero-order chi connectivity index (χ0) is 9.84. The van der Waals surface area contributed by atoms with E-state index < -0.39 is 0 Å². The third kappa shape index (κ3) is 2.93. The first kappa shape index (κ1) is 9.84. The van der Waals surface area contributed by atoms with Crippen molar-refractivity contribution in [3.63, 3.8) is 0 Å². The van der Waals surface area contributed by atoms with E-state index in [0.717, 1.165) is 17.9 Å². The van der Waals surface area contributed by atoms with Crippen LogP contribution in [0, 0.1) is 6.92 Å². The van der Waals surface area contributed by atoms with Crippen LogP contribution in [0.4, 0.5) is 5.69 Å². The fourth-order valence-electron chi connectivity index (χ4n) is 1.14. The lowest BCUT2D eigenvalue weighted by Gasteiger charge is -2.00. The van der Waals surface area contributed by atoms with Gasteiger partial charge in [-0.3, -0.25) is 4.68 Å². The lowest BCUT2D eigenvalue weighted by molar-refractivity contribution is 0.756. The van der Waals surface area contributed by atoms with Gasteiger partial charge in [-0.15, -0.1) is 0 Å². The molecule has 3 nitrogen and oxygen atoms in total. The van der Waals surface area contributed by atoms with E-state index in [1.807, 2.05) is 24.9 Å². The van der Waals surface area contributed by atoms with Crippen LogP contribution in [-0.4, -0.2) is 16.3 Å². The number of anilines is 1. The molecule has 0 aliphatic heterocycles. The summed E-state index contributed by atoms with van der Waals surface area (Å²) in [7, 11) is 1.93. The van der Waals surface area contributed by atoms with E-state index >= 15 is 0 Å². The Morgan fingerprint density at radius 3 is 2.77 bits per heavy atom. The third-order valence-electron chi connectivity index (χ3n) is 1.82. The summed E-state index contributed by atoms with van der Waals surface area (Å²) >= 11 is 0. The minimum absolute atomic E-state index is 0.870. The smallest absolute Gasteiger partial charge is 0.0825 e.